The van der Waals surface area contributed by atoms with Gasteiger partial charge in [-0.2, -0.15) is 0 Å². The number of Topliss-reactive ketones (excluding diaryl/α,β-unsaturated/α-hetero) is 1. The number of benzene rings is 1. The summed E-state index contributed by atoms with van der Waals surface area (Å²) in [5.41, 5.74) is 4.83. The van der Waals surface area contributed by atoms with Crippen molar-refractivity contribution in [1.82, 2.24) is 9.55 Å². The van der Waals surface area contributed by atoms with Crippen molar-refractivity contribution in [3.05, 3.63) is 69.5 Å². The van der Waals surface area contributed by atoms with Gasteiger partial charge in [0.2, 0.25) is 5.78 Å². The third-order valence-electron chi connectivity index (χ3n) is 4.42. The second kappa shape index (κ2) is 7.25. The average molecular weight is 368 g/mol. The van der Waals surface area contributed by atoms with Crippen LogP contribution in [0.5, 0.6) is 0 Å². The van der Waals surface area contributed by atoms with Crippen LogP contribution < -0.4 is 0 Å². The van der Waals surface area contributed by atoms with E-state index in [4.69, 9.17) is 4.74 Å². The molecule has 3 aromatic rings. The van der Waals surface area contributed by atoms with Crippen molar-refractivity contribution in [2.24, 2.45) is 0 Å². The van der Waals surface area contributed by atoms with Crippen molar-refractivity contribution >= 4 is 23.1 Å². The fourth-order valence-electron chi connectivity index (χ4n) is 2.83. The van der Waals surface area contributed by atoms with Gasteiger partial charge in [0, 0.05) is 28.5 Å². The molecule has 3 rings (SSSR count). The van der Waals surface area contributed by atoms with Crippen molar-refractivity contribution in [2.75, 3.05) is 6.61 Å². The monoisotopic (exact) mass is 368 g/mol. The van der Waals surface area contributed by atoms with Crippen molar-refractivity contribution in [2.45, 2.75) is 27.7 Å². The van der Waals surface area contributed by atoms with E-state index in [0.717, 1.165) is 27.6 Å². The SMILES string of the molecule is Cc1ccc(C(=O)OCC(=O)c2cc(C)n(-c3nccs3)c2C)cc1C. The molecule has 0 unspecified atom stereocenters. The van der Waals surface area contributed by atoms with Gasteiger partial charge in [-0.15, -0.1) is 11.3 Å². The predicted octanol–water partition coefficient (Wildman–Crippen LogP) is 4.21. The molecule has 0 aliphatic rings. The van der Waals surface area contributed by atoms with Crippen LogP contribution in [-0.4, -0.2) is 27.9 Å². The van der Waals surface area contributed by atoms with Crippen molar-refractivity contribution in [1.29, 1.82) is 0 Å². The first-order valence-corrected chi connectivity index (χ1v) is 9.13. The Balaban J connectivity index is 1.73. The third-order valence-corrected chi connectivity index (χ3v) is 5.18. The van der Waals surface area contributed by atoms with Gasteiger partial charge >= 0.3 is 5.97 Å². The number of carbonyl (C=O) groups is 2. The molecule has 0 fully saturated rings. The summed E-state index contributed by atoms with van der Waals surface area (Å²) in [6.07, 6.45) is 1.73. The first kappa shape index (κ1) is 18.1. The number of hydrogen-bond donors (Lipinski definition) is 0. The van der Waals surface area contributed by atoms with E-state index in [1.165, 1.54) is 11.3 Å². The summed E-state index contributed by atoms with van der Waals surface area (Å²) in [5.74, 6) is -0.715. The summed E-state index contributed by atoms with van der Waals surface area (Å²) in [6.45, 7) is 7.42. The fourth-order valence-corrected chi connectivity index (χ4v) is 3.58. The molecule has 0 aliphatic carbocycles. The largest absolute Gasteiger partial charge is 0.454 e. The van der Waals surface area contributed by atoms with Gasteiger partial charge in [-0.25, -0.2) is 9.78 Å². The predicted molar refractivity (Wildman–Crippen MR) is 101 cm³/mol. The number of rotatable bonds is 5. The molecule has 134 valence electrons. The van der Waals surface area contributed by atoms with Crippen LogP contribution in [0.2, 0.25) is 0 Å². The summed E-state index contributed by atoms with van der Waals surface area (Å²) in [6, 6.07) is 7.16. The molecule has 2 heterocycles. The molecule has 0 saturated carbocycles. The molecule has 0 radical (unpaired) electrons. The van der Waals surface area contributed by atoms with Crippen LogP contribution in [-0.2, 0) is 4.74 Å². The standard InChI is InChI=1S/C20H20N2O3S/c1-12-5-6-16(9-13(12)2)19(24)25-11-18(23)17-10-14(3)22(15(17)4)20-21-7-8-26-20/h5-10H,11H2,1-4H3. The smallest absolute Gasteiger partial charge is 0.338 e. The maximum absolute atomic E-state index is 12.5. The highest BCUT2D eigenvalue weighted by Gasteiger charge is 2.19. The van der Waals surface area contributed by atoms with Gasteiger partial charge in [0.1, 0.15) is 0 Å². The Hall–Kier alpha value is -2.73. The van der Waals surface area contributed by atoms with Gasteiger partial charge in [-0.3, -0.25) is 9.36 Å². The van der Waals surface area contributed by atoms with Crippen LogP contribution in [0.3, 0.4) is 0 Å². The van der Waals surface area contributed by atoms with Crippen LogP contribution in [0.25, 0.3) is 5.13 Å². The van der Waals surface area contributed by atoms with Crippen LogP contribution in [0.15, 0.2) is 35.8 Å². The van der Waals surface area contributed by atoms with Crippen molar-refractivity contribution in [3.8, 4) is 5.13 Å². The van der Waals surface area contributed by atoms with Crippen molar-refractivity contribution < 1.29 is 14.3 Å². The normalized spacial score (nSPS) is 10.8. The number of esters is 1. The molecule has 0 amide bonds. The zero-order valence-corrected chi connectivity index (χ0v) is 16.0. The Morgan fingerprint density at radius 2 is 1.88 bits per heavy atom. The number of hydrogen-bond acceptors (Lipinski definition) is 5. The molecular weight excluding hydrogens is 348 g/mol. The summed E-state index contributed by atoms with van der Waals surface area (Å²) in [7, 11) is 0. The summed E-state index contributed by atoms with van der Waals surface area (Å²) in [4.78, 5) is 29.0. The lowest BCUT2D eigenvalue weighted by Gasteiger charge is -2.07. The summed E-state index contributed by atoms with van der Waals surface area (Å²) >= 11 is 1.50. The lowest BCUT2D eigenvalue weighted by Crippen LogP contribution is -2.15. The second-order valence-electron chi connectivity index (χ2n) is 6.23. The second-order valence-corrected chi connectivity index (χ2v) is 7.11. The summed E-state index contributed by atoms with van der Waals surface area (Å²) in [5, 5.41) is 2.70. The van der Waals surface area contributed by atoms with E-state index >= 15 is 0 Å². The van der Waals surface area contributed by atoms with E-state index in [0.29, 0.717) is 11.1 Å². The van der Waals surface area contributed by atoms with E-state index in [1.807, 2.05) is 49.8 Å². The van der Waals surface area contributed by atoms with Crippen LogP contribution in [0.1, 0.15) is 43.2 Å². The summed E-state index contributed by atoms with van der Waals surface area (Å²) < 4.78 is 7.16. The molecule has 1 aromatic carbocycles. The highest BCUT2D eigenvalue weighted by Crippen LogP contribution is 2.22. The van der Waals surface area contributed by atoms with E-state index in [9.17, 15) is 9.59 Å². The molecule has 0 bridgehead atoms. The molecule has 0 spiro atoms. The molecule has 0 aliphatic heterocycles. The lowest BCUT2D eigenvalue weighted by molar-refractivity contribution is 0.0474. The van der Waals surface area contributed by atoms with Crippen LogP contribution >= 0.6 is 11.3 Å². The Morgan fingerprint density at radius 3 is 2.54 bits per heavy atom. The van der Waals surface area contributed by atoms with Gasteiger partial charge in [0.05, 0.1) is 5.56 Å². The Bertz CT molecular complexity index is 971. The van der Waals surface area contributed by atoms with Gasteiger partial charge in [0.15, 0.2) is 11.7 Å². The molecule has 0 N–H and O–H groups in total. The molecule has 5 nitrogen and oxygen atoms in total. The minimum absolute atomic E-state index is 0.224. The molecule has 0 saturated heterocycles. The van der Waals surface area contributed by atoms with Gasteiger partial charge in [0.25, 0.3) is 0 Å². The van der Waals surface area contributed by atoms with Crippen molar-refractivity contribution in [3.63, 3.8) is 0 Å². The fraction of sp³-hybridized carbons (Fsp3) is 0.250. The van der Waals surface area contributed by atoms with Gasteiger partial charge in [-0.1, -0.05) is 6.07 Å². The third kappa shape index (κ3) is 3.46. The van der Waals surface area contributed by atoms with Crippen LogP contribution in [0.4, 0.5) is 0 Å². The molecule has 2 aromatic heterocycles. The maximum atomic E-state index is 12.5. The number of aryl methyl sites for hydroxylation is 3. The Morgan fingerprint density at radius 1 is 1.12 bits per heavy atom. The quantitative estimate of drug-likeness (QED) is 0.500. The zero-order chi connectivity index (χ0) is 18.8. The molecule has 26 heavy (non-hydrogen) atoms. The van der Waals surface area contributed by atoms with E-state index in [2.05, 4.69) is 4.98 Å². The molecular formula is C20H20N2O3S. The average Bonchev–Trinajstić information content (AvgIpc) is 3.22. The van der Waals surface area contributed by atoms with E-state index in [1.54, 1.807) is 18.3 Å². The zero-order valence-electron chi connectivity index (χ0n) is 15.2. The molecule has 0 atom stereocenters. The first-order valence-electron chi connectivity index (χ1n) is 8.25. The van der Waals surface area contributed by atoms with Gasteiger partial charge in [-0.05, 0) is 57.0 Å². The number of ether oxygens (including phenoxy) is 1. The number of thiazole rings is 1. The number of ketones is 1. The van der Waals surface area contributed by atoms with E-state index in [-0.39, 0.29) is 12.4 Å². The maximum Gasteiger partial charge on any atom is 0.338 e. The highest BCUT2D eigenvalue weighted by atomic mass is 32.1. The van der Waals surface area contributed by atoms with Crippen LogP contribution in [0, 0.1) is 27.7 Å². The molecule has 6 heteroatoms. The topological polar surface area (TPSA) is 61.2 Å². The Labute approximate surface area is 156 Å². The van der Waals surface area contributed by atoms with E-state index < -0.39 is 5.97 Å². The lowest BCUT2D eigenvalue weighted by atomic mass is 10.1. The minimum atomic E-state index is -0.491. The van der Waals surface area contributed by atoms with Gasteiger partial charge < -0.3 is 4.74 Å². The number of aromatic nitrogens is 2. The number of carbonyl (C=O) groups excluding carboxylic acids is 2. The minimum Gasteiger partial charge on any atom is -0.454 e. The Kier molecular flexibility index (Phi) is 5.04. The number of nitrogens with zero attached hydrogens (tertiary/aromatic N) is 2. The highest BCUT2D eigenvalue weighted by molar-refractivity contribution is 7.12. The first-order chi connectivity index (χ1) is 12.4.